The minimum absolute atomic E-state index is 0.00936. The Morgan fingerprint density at radius 3 is 2.58 bits per heavy atom. The van der Waals surface area contributed by atoms with Gasteiger partial charge in [-0.2, -0.15) is 4.39 Å². The highest BCUT2D eigenvalue weighted by Crippen LogP contribution is 2.24. The van der Waals surface area contributed by atoms with Gasteiger partial charge in [-0.1, -0.05) is 11.3 Å². The van der Waals surface area contributed by atoms with Gasteiger partial charge in [-0.05, 0) is 19.1 Å². The van der Waals surface area contributed by atoms with Crippen molar-refractivity contribution in [1.82, 2.24) is 15.0 Å². The fraction of sp³-hybridized carbons (Fsp3) is 0.0667. The van der Waals surface area contributed by atoms with Gasteiger partial charge >= 0.3 is 0 Å². The number of aromatic nitrogens is 3. The fourth-order valence-corrected chi connectivity index (χ4v) is 2.52. The molecule has 2 aromatic heterocycles. The molecule has 0 aliphatic heterocycles. The molecular formula is C15H10F2N4O2S. The molecule has 1 N–H and O–H groups in total. The Labute approximate surface area is 139 Å². The number of aryl methyl sites for hydroxylation is 1. The van der Waals surface area contributed by atoms with Crippen molar-refractivity contribution in [3.63, 3.8) is 0 Å². The summed E-state index contributed by atoms with van der Waals surface area (Å²) in [4.78, 5) is 23.6. The number of hydrogen-bond donors (Lipinski definition) is 1. The molecule has 122 valence electrons. The Bertz CT molecular complexity index is 867. The predicted molar refractivity (Wildman–Crippen MR) is 83.3 cm³/mol. The molecule has 24 heavy (non-hydrogen) atoms. The quantitative estimate of drug-likeness (QED) is 0.780. The van der Waals surface area contributed by atoms with Gasteiger partial charge in [0.15, 0.2) is 10.9 Å². The van der Waals surface area contributed by atoms with E-state index in [1.807, 2.05) is 0 Å². The number of nitrogens with one attached hydrogen (secondary N) is 1. The summed E-state index contributed by atoms with van der Waals surface area (Å²) in [6, 6.07) is 3.51. The average molecular weight is 348 g/mol. The zero-order valence-electron chi connectivity index (χ0n) is 12.3. The van der Waals surface area contributed by atoms with Gasteiger partial charge in [0.25, 0.3) is 5.91 Å². The van der Waals surface area contributed by atoms with E-state index in [2.05, 4.69) is 20.3 Å². The van der Waals surface area contributed by atoms with Gasteiger partial charge in [0, 0.05) is 11.6 Å². The predicted octanol–water partition coefficient (Wildman–Crippen LogP) is 3.56. The molecule has 1 amide bonds. The number of amides is 1. The molecule has 3 aromatic rings. The monoisotopic (exact) mass is 348 g/mol. The van der Waals surface area contributed by atoms with E-state index < -0.39 is 16.9 Å². The number of carbonyl (C=O) groups is 1. The number of rotatable bonds is 4. The van der Waals surface area contributed by atoms with Crippen LogP contribution in [0.1, 0.15) is 16.1 Å². The Hall–Kier alpha value is -2.94. The van der Waals surface area contributed by atoms with E-state index in [1.165, 1.54) is 31.7 Å². The second kappa shape index (κ2) is 6.67. The molecule has 0 saturated heterocycles. The fourth-order valence-electron chi connectivity index (χ4n) is 1.83. The van der Waals surface area contributed by atoms with Crippen molar-refractivity contribution >= 4 is 22.4 Å². The summed E-state index contributed by atoms with van der Waals surface area (Å²) in [5, 5.41) is 2.03. The second-order valence-electron chi connectivity index (χ2n) is 4.68. The summed E-state index contributed by atoms with van der Waals surface area (Å²) in [5.74, 6) is -0.878. The van der Waals surface area contributed by atoms with E-state index in [0.29, 0.717) is 17.1 Å². The van der Waals surface area contributed by atoms with Gasteiger partial charge in [0.2, 0.25) is 5.13 Å². The van der Waals surface area contributed by atoms with E-state index in [0.717, 1.165) is 12.1 Å². The summed E-state index contributed by atoms with van der Waals surface area (Å²) in [6.45, 7) is 1.48. The highest BCUT2D eigenvalue weighted by Gasteiger charge is 2.14. The highest BCUT2D eigenvalue weighted by molar-refractivity contribution is 7.14. The molecule has 3 rings (SSSR count). The number of nitrogens with zero attached hydrogens (tertiary/aromatic N) is 3. The van der Waals surface area contributed by atoms with Gasteiger partial charge < -0.3 is 4.74 Å². The van der Waals surface area contributed by atoms with Crippen LogP contribution < -0.4 is 10.1 Å². The molecule has 2 heterocycles. The minimum atomic E-state index is -0.656. The van der Waals surface area contributed by atoms with E-state index in [1.54, 1.807) is 0 Å². The number of anilines is 1. The van der Waals surface area contributed by atoms with Crippen molar-refractivity contribution in [2.45, 2.75) is 6.92 Å². The second-order valence-corrected chi connectivity index (χ2v) is 5.63. The van der Waals surface area contributed by atoms with Crippen molar-refractivity contribution in [3.8, 4) is 11.5 Å². The molecule has 0 bridgehead atoms. The first kappa shape index (κ1) is 15.9. The topological polar surface area (TPSA) is 77.0 Å². The van der Waals surface area contributed by atoms with E-state index in [4.69, 9.17) is 4.74 Å². The Balaban J connectivity index is 1.81. The molecule has 9 heteroatoms. The van der Waals surface area contributed by atoms with Gasteiger partial charge in [-0.15, -0.1) is 0 Å². The average Bonchev–Trinajstić information content (AvgIpc) is 2.85. The van der Waals surface area contributed by atoms with Crippen molar-refractivity contribution in [3.05, 3.63) is 59.1 Å². The Kier molecular flexibility index (Phi) is 4.43. The zero-order valence-corrected chi connectivity index (χ0v) is 13.1. The number of ether oxygens (including phenoxy) is 1. The standard InChI is InChI=1S/C15H10F2N4O2S/c1-8-13(17)24-15(20-8)21-14(22)9-2-10(16)4-11(3-9)23-12-5-18-7-19-6-12/h2-7H,1H3,(H,20,21,22). The van der Waals surface area contributed by atoms with Crippen LogP contribution in [0.3, 0.4) is 0 Å². The molecule has 6 nitrogen and oxygen atoms in total. The third-order valence-corrected chi connectivity index (χ3v) is 3.73. The first-order chi connectivity index (χ1) is 11.5. The maximum Gasteiger partial charge on any atom is 0.257 e. The van der Waals surface area contributed by atoms with Crippen LogP contribution in [0.4, 0.5) is 13.9 Å². The van der Waals surface area contributed by atoms with Gasteiger partial charge in [0.1, 0.15) is 17.9 Å². The van der Waals surface area contributed by atoms with E-state index >= 15 is 0 Å². The zero-order chi connectivity index (χ0) is 17.1. The van der Waals surface area contributed by atoms with Crippen LogP contribution >= 0.6 is 11.3 Å². The molecule has 0 aliphatic carbocycles. The first-order valence-corrected chi connectivity index (χ1v) is 7.50. The van der Waals surface area contributed by atoms with Crippen molar-refractivity contribution in [1.29, 1.82) is 0 Å². The molecule has 0 aliphatic rings. The highest BCUT2D eigenvalue weighted by atomic mass is 32.1. The van der Waals surface area contributed by atoms with Crippen LogP contribution in [0.15, 0.2) is 36.9 Å². The molecule has 0 unspecified atom stereocenters. The van der Waals surface area contributed by atoms with Crippen LogP contribution in [0.25, 0.3) is 0 Å². The largest absolute Gasteiger partial charge is 0.454 e. The first-order valence-electron chi connectivity index (χ1n) is 6.69. The Morgan fingerprint density at radius 1 is 1.17 bits per heavy atom. The molecule has 0 saturated carbocycles. The number of halogens is 2. The lowest BCUT2D eigenvalue weighted by Gasteiger charge is -2.07. The molecule has 0 atom stereocenters. The Morgan fingerprint density at radius 2 is 1.92 bits per heavy atom. The lowest BCUT2D eigenvalue weighted by atomic mass is 10.2. The maximum atomic E-state index is 13.7. The van der Waals surface area contributed by atoms with Crippen LogP contribution in [-0.4, -0.2) is 20.9 Å². The maximum absolute atomic E-state index is 13.7. The van der Waals surface area contributed by atoms with Crippen molar-refractivity contribution in [2.75, 3.05) is 5.32 Å². The smallest absolute Gasteiger partial charge is 0.257 e. The third kappa shape index (κ3) is 3.69. The number of hydrogen-bond acceptors (Lipinski definition) is 6. The minimum Gasteiger partial charge on any atom is -0.454 e. The van der Waals surface area contributed by atoms with Crippen LogP contribution in [0.2, 0.25) is 0 Å². The number of thiazole rings is 1. The SMILES string of the molecule is Cc1nc(NC(=O)c2cc(F)cc(Oc3cncnc3)c2)sc1F. The molecular weight excluding hydrogens is 338 g/mol. The van der Waals surface area contributed by atoms with Gasteiger partial charge in [-0.25, -0.2) is 19.3 Å². The summed E-state index contributed by atoms with van der Waals surface area (Å²) in [7, 11) is 0. The van der Waals surface area contributed by atoms with Crippen LogP contribution in [0.5, 0.6) is 11.5 Å². The lowest BCUT2D eigenvalue weighted by molar-refractivity contribution is 0.102. The number of carbonyl (C=O) groups excluding carboxylic acids is 1. The number of benzene rings is 1. The summed E-state index contributed by atoms with van der Waals surface area (Å²) < 4.78 is 32.4. The van der Waals surface area contributed by atoms with E-state index in [-0.39, 0.29) is 22.1 Å². The van der Waals surface area contributed by atoms with Crippen molar-refractivity contribution in [2.24, 2.45) is 0 Å². The lowest BCUT2D eigenvalue weighted by Crippen LogP contribution is -2.12. The van der Waals surface area contributed by atoms with Gasteiger partial charge in [0.05, 0.1) is 18.1 Å². The van der Waals surface area contributed by atoms with Crippen molar-refractivity contribution < 1.29 is 18.3 Å². The molecule has 0 radical (unpaired) electrons. The normalized spacial score (nSPS) is 10.5. The molecule has 0 fully saturated rings. The van der Waals surface area contributed by atoms with E-state index in [9.17, 15) is 13.6 Å². The van der Waals surface area contributed by atoms with Crippen LogP contribution in [-0.2, 0) is 0 Å². The van der Waals surface area contributed by atoms with Crippen LogP contribution in [0, 0.1) is 17.9 Å². The summed E-state index contributed by atoms with van der Waals surface area (Å²) in [6.07, 6.45) is 4.13. The molecule has 1 aromatic carbocycles. The molecule has 0 spiro atoms. The summed E-state index contributed by atoms with van der Waals surface area (Å²) >= 11 is 0.697. The summed E-state index contributed by atoms with van der Waals surface area (Å²) in [5.41, 5.74) is 0.192. The third-order valence-electron chi connectivity index (χ3n) is 2.87. The van der Waals surface area contributed by atoms with Gasteiger partial charge in [-0.3, -0.25) is 10.1 Å².